The molecule has 0 aromatic heterocycles. The molecule has 0 aliphatic carbocycles. The topological polar surface area (TPSA) is 61.4 Å². The zero-order chi connectivity index (χ0) is 18.9. The molecule has 2 heterocycles. The third-order valence-corrected chi connectivity index (χ3v) is 5.54. The molecule has 142 valence electrons. The van der Waals surface area contributed by atoms with Gasteiger partial charge in [0.2, 0.25) is 5.91 Å². The standard InChI is InChI=1S/C20H28ClN3O2/c1-20(2,3)18(25)22-15-11-16-8-5-9-17(12-15)24(16)19(26)23-14-7-4-6-13(21)10-14/h4,6-7,10,15-17H,5,8-9,11-12H2,1-3H3,(H,22,25)(H,23,26)/t16-,17-/m0/s1. The van der Waals surface area contributed by atoms with Crippen LogP contribution in [0.2, 0.25) is 5.02 Å². The van der Waals surface area contributed by atoms with Gasteiger partial charge in [-0.3, -0.25) is 4.79 Å². The Kier molecular flexibility index (Phi) is 5.47. The van der Waals surface area contributed by atoms with Crippen LogP contribution in [0, 0.1) is 5.41 Å². The quantitative estimate of drug-likeness (QED) is 0.801. The van der Waals surface area contributed by atoms with Gasteiger partial charge < -0.3 is 15.5 Å². The number of benzene rings is 1. The van der Waals surface area contributed by atoms with Crippen LogP contribution in [-0.4, -0.2) is 35.0 Å². The summed E-state index contributed by atoms with van der Waals surface area (Å²) in [5.41, 5.74) is 0.319. The van der Waals surface area contributed by atoms with Crippen molar-refractivity contribution in [2.24, 2.45) is 5.41 Å². The highest BCUT2D eigenvalue weighted by Gasteiger charge is 2.41. The Labute approximate surface area is 160 Å². The smallest absolute Gasteiger partial charge is 0.322 e. The van der Waals surface area contributed by atoms with E-state index in [9.17, 15) is 9.59 Å². The fourth-order valence-corrected chi connectivity index (χ4v) is 4.18. The van der Waals surface area contributed by atoms with Crippen molar-refractivity contribution < 1.29 is 9.59 Å². The Balaban J connectivity index is 1.67. The molecule has 0 radical (unpaired) electrons. The summed E-state index contributed by atoms with van der Waals surface area (Å²) in [4.78, 5) is 27.2. The Morgan fingerprint density at radius 2 is 1.81 bits per heavy atom. The summed E-state index contributed by atoms with van der Waals surface area (Å²) < 4.78 is 0. The second-order valence-corrected chi connectivity index (χ2v) is 8.91. The zero-order valence-electron chi connectivity index (χ0n) is 15.7. The molecule has 2 atom stereocenters. The Bertz CT molecular complexity index is 672. The Morgan fingerprint density at radius 1 is 1.15 bits per heavy atom. The molecular formula is C20H28ClN3O2. The van der Waals surface area contributed by atoms with Crippen molar-refractivity contribution >= 4 is 29.2 Å². The van der Waals surface area contributed by atoms with Crippen LogP contribution in [-0.2, 0) is 4.79 Å². The van der Waals surface area contributed by atoms with E-state index in [1.54, 1.807) is 12.1 Å². The number of urea groups is 1. The molecule has 3 rings (SSSR count). The number of hydrogen-bond acceptors (Lipinski definition) is 2. The minimum absolute atomic E-state index is 0.0671. The van der Waals surface area contributed by atoms with Gasteiger partial charge in [-0.25, -0.2) is 4.79 Å². The van der Waals surface area contributed by atoms with Gasteiger partial charge in [0.25, 0.3) is 0 Å². The molecular weight excluding hydrogens is 350 g/mol. The molecule has 0 saturated carbocycles. The van der Waals surface area contributed by atoms with Crippen LogP contribution in [0.4, 0.5) is 10.5 Å². The number of fused-ring (bicyclic) bond motifs is 2. The Morgan fingerprint density at radius 3 is 2.38 bits per heavy atom. The van der Waals surface area contributed by atoms with Crippen LogP contribution >= 0.6 is 11.6 Å². The van der Waals surface area contributed by atoms with Gasteiger partial charge in [-0.2, -0.15) is 0 Å². The number of rotatable bonds is 2. The average molecular weight is 378 g/mol. The maximum Gasteiger partial charge on any atom is 0.322 e. The van der Waals surface area contributed by atoms with Crippen molar-refractivity contribution in [2.75, 3.05) is 5.32 Å². The van der Waals surface area contributed by atoms with E-state index in [4.69, 9.17) is 11.6 Å². The number of carbonyl (C=O) groups excluding carboxylic acids is 2. The third kappa shape index (κ3) is 4.32. The van der Waals surface area contributed by atoms with Crippen molar-refractivity contribution in [2.45, 2.75) is 71.0 Å². The first-order valence-electron chi connectivity index (χ1n) is 9.40. The van der Waals surface area contributed by atoms with E-state index in [1.807, 2.05) is 37.8 Å². The summed E-state index contributed by atoms with van der Waals surface area (Å²) in [6.07, 6.45) is 4.75. The van der Waals surface area contributed by atoms with Crippen LogP contribution in [0.1, 0.15) is 52.9 Å². The zero-order valence-corrected chi connectivity index (χ0v) is 16.5. The lowest BCUT2D eigenvalue weighted by Crippen LogP contribution is -2.60. The third-order valence-electron chi connectivity index (χ3n) is 5.30. The molecule has 2 aliphatic rings. The highest BCUT2D eigenvalue weighted by Crippen LogP contribution is 2.35. The predicted molar refractivity (Wildman–Crippen MR) is 104 cm³/mol. The molecule has 1 aromatic carbocycles. The highest BCUT2D eigenvalue weighted by atomic mass is 35.5. The largest absolute Gasteiger partial charge is 0.353 e. The lowest BCUT2D eigenvalue weighted by atomic mass is 9.81. The van der Waals surface area contributed by atoms with Crippen molar-refractivity contribution in [3.63, 3.8) is 0 Å². The number of carbonyl (C=O) groups is 2. The molecule has 2 saturated heterocycles. The second-order valence-electron chi connectivity index (χ2n) is 8.48. The van der Waals surface area contributed by atoms with Gasteiger partial charge in [0.15, 0.2) is 0 Å². The van der Waals surface area contributed by atoms with Gasteiger partial charge in [-0.15, -0.1) is 0 Å². The number of nitrogens with zero attached hydrogens (tertiary/aromatic N) is 1. The summed E-state index contributed by atoms with van der Waals surface area (Å²) in [6.45, 7) is 5.78. The Hall–Kier alpha value is -1.75. The number of nitrogens with one attached hydrogen (secondary N) is 2. The molecule has 26 heavy (non-hydrogen) atoms. The van der Waals surface area contributed by atoms with Gasteiger partial charge in [-0.1, -0.05) is 38.4 Å². The minimum Gasteiger partial charge on any atom is -0.353 e. The van der Waals surface area contributed by atoms with Crippen LogP contribution in [0.3, 0.4) is 0 Å². The van der Waals surface area contributed by atoms with Crippen molar-refractivity contribution in [1.82, 2.24) is 10.2 Å². The molecule has 5 nitrogen and oxygen atoms in total. The molecule has 0 spiro atoms. The predicted octanol–water partition coefficient (Wildman–Crippen LogP) is 4.42. The number of anilines is 1. The lowest BCUT2D eigenvalue weighted by Gasteiger charge is -2.49. The van der Waals surface area contributed by atoms with Crippen LogP contribution in [0.25, 0.3) is 0 Å². The van der Waals surface area contributed by atoms with Crippen molar-refractivity contribution in [3.8, 4) is 0 Å². The highest BCUT2D eigenvalue weighted by molar-refractivity contribution is 6.30. The summed E-state index contributed by atoms with van der Waals surface area (Å²) in [6, 6.07) is 7.64. The fourth-order valence-electron chi connectivity index (χ4n) is 3.99. The fraction of sp³-hybridized carbons (Fsp3) is 0.600. The number of halogens is 1. The van der Waals surface area contributed by atoms with Gasteiger partial charge in [0.1, 0.15) is 0 Å². The summed E-state index contributed by atoms with van der Waals surface area (Å²) >= 11 is 6.01. The van der Waals surface area contributed by atoms with Gasteiger partial charge in [0, 0.05) is 34.3 Å². The molecule has 2 fully saturated rings. The van der Waals surface area contributed by atoms with E-state index >= 15 is 0 Å². The first-order chi connectivity index (χ1) is 12.2. The normalized spacial score (nSPS) is 25.5. The second kappa shape index (κ2) is 7.47. The molecule has 3 amide bonds. The number of hydrogen-bond donors (Lipinski definition) is 2. The van der Waals surface area contributed by atoms with Gasteiger partial charge in [-0.05, 0) is 50.3 Å². The molecule has 2 bridgehead atoms. The van der Waals surface area contributed by atoms with Gasteiger partial charge >= 0.3 is 6.03 Å². The average Bonchev–Trinajstić information content (AvgIpc) is 2.53. The van der Waals surface area contributed by atoms with Gasteiger partial charge in [0.05, 0.1) is 0 Å². The summed E-state index contributed by atoms with van der Waals surface area (Å²) in [5, 5.41) is 6.77. The van der Waals surface area contributed by atoms with E-state index in [1.165, 1.54) is 0 Å². The number of piperidine rings is 2. The maximum atomic E-state index is 12.9. The van der Waals surface area contributed by atoms with E-state index < -0.39 is 5.41 Å². The molecule has 2 aliphatic heterocycles. The molecule has 0 unspecified atom stereocenters. The van der Waals surface area contributed by atoms with E-state index in [2.05, 4.69) is 10.6 Å². The van der Waals surface area contributed by atoms with E-state index in [-0.39, 0.29) is 30.1 Å². The molecule has 6 heteroatoms. The van der Waals surface area contributed by atoms with Crippen LogP contribution < -0.4 is 10.6 Å². The van der Waals surface area contributed by atoms with Crippen LogP contribution in [0.5, 0.6) is 0 Å². The first kappa shape index (κ1) is 19.0. The minimum atomic E-state index is -0.393. The first-order valence-corrected chi connectivity index (χ1v) is 9.77. The van der Waals surface area contributed by atoms with Crippen LogP contribution in [0.15, 0.2) is 24.3 Å². The molecule has 1 aromatic rings. The summed E-state index contributed by atoms with van der Waals surface area (Å²) in [5.74, 6) is 0.0809. The van der Waals surface area contributed by atoms with E-state index in [0.29, 0.717) is 10.7 Å². The SMILES string of the molecule is CC(C)(C)C(=O)NC1C[C@@H]2CCC[C@@H](C1)N2C(=O)Nc1cccc(Cl)c1. The summed E-state index contributed by atoms with van der Waals surface area (Å²) in [7, 11) is 0. The molecule has 2 N–H and O–H groups in total. The van der Waals surface area contributed by atoms with E-state index in [0.717, 1.165) is 32.1 Å². The van der Waals surface area contributed by atoms with Crippen molar-refractivity contribution in [1.29, 1.82) is 0 Å². The maximum absolute atomic E-state index is 12.9. The number of amides is 3. The van der Waals surface area contributed by atoms with Crippen molar-refractivity contribution in [3.05, 3.63) is 29.3 Å². The monoisotopic (exact) mass is 377 g/mol. The lowest BCUT2D eigenvalue weighted by molar-refractivity contribution is -0.129.